The lowest BCUT2D eigenvalue weighted by molar-refractivity contribution is 0.303. The summed E-state index contributed by atoms with van der Waals surface area (Å²) < 4.78 is 45.2. The lowest BCUT2D eigenvalue weighted by Gasteiger charge is -2.29. The van der Waals surface area contributed by atoms with E-state index < -0.39 is 17.5 Å². The van der Waals surface area contributed by atoms with E-state index in [9.17, 15) is 0 Å². The zero-order chi connectivity index (χ0) is 24.8. The molecular formula is C32H39F3. The van der Waals surface area contributed by atoms with Gasteiger partial charge in [-0.3, -0.25) is 0 Å². The van der Waals surface area contributed by atoms with Crippen molar-refractivity contribution in [1.82, 2.24) is 0 Å². The van der Waals surface area contributed by atoms with Crippen LogP contribution in [-0.2, 0) is 6.42 Å². The number of unbranched alkanes of at least 4 members (excludes halogenated alkanes) is 4. The molecular weight excluding hydrogens is 441 g/mol. The van der Waals surface area contributed by atoms with Crippen LogP contribution in [-0.4, -0.2) is 0 Å². The van der Waals surface area contributed by atoms with E-state index in [1.807, 2.05) is 12.1 Å². The minimum Gasteiger partial charge on any atom is -0.206 e. The number of aryl methyl sites for hydroxylation is 1. The smallest absolute Gasteiger partial charge is 0.170 e. The van der Waals surface area contributed by atoms with Gasteiger partial charge in [-0.15, -0.1) is 0 Å². The van der Waals surface area contributed by atoms with Crippen LogP contribution in [0.25, 0.3) is 21.9 Å². The molecule has 0 spiro atoms. The fourth-order valence-electron chi connectivity index (χ4n) is 5.80. The topological polar surface area (TPSA) is 0 Å². The molecule has 3 heteroatoms. The number of fused-ring (bicyclic) bond motifs is 1. The van der Waals surface area contributed by atoms with Crippen LogP contribution in [0, 0.1) is 23.4 Å². The van der Waals surface area contributed by atoms with Gasteiger partial charge in [-0.25, -0.2) is 13.2 Å². The quantitative estimate of drug-likeness (QED) is 0.253. The minimum absolute atomic E-state index is 0.194. The number of halogens is 3. The Morgan fingerprint density at radius 1 is 0.714 bits per heavy atom. The first kappa shape index (κ1) is 25.8. The second kappa shape index (κ2) is 12.1. The van der Waals surface area contributed by atoms with E-state index >= 15 is 13.2 Å². The van der Waals surface area contributed by atoms with Crippen LogP contribution in [0.5, 0.6) is 0 Å². The van der Waals surface area contributed by atoms with Crippen LogP contribution in [0.2, 0.25) is 0 Å². The van der Waals surface area contributed by atoms with Crippen LogP contribution >= 0.6 is 0 Å². The molecule has 1 fully saturated rings. The molecule has 1 saturated carbocycles. The molecule has 3 aromatic rings. The van der Waals surface area contributed by atoms with Crippen molar-refractivity contribution in [2.24, 2.45) is 5.92 Å². The Labute approximate surface area is 209 Å². The van der Waals surface area contributed by atoms with E-state index in [-0.39, 0.29) is 10.9 Å². The molecule has 0 heterocycles. The first-order valence-electron chi connectivity index (χ1n) is 13.7. The van der Waals surface area contributed by atoms with Gasteiger partial charge in [-0.05, 0) is 78.5 Å². The molecule has 0 radical (unpaired) electrons. The maximum absolute atomic E-state index is 15.1. The third kappa shape index (κ3) is 5.93. The molecule has 0 unspecified atom stereocenters. The van der Waals surface area contributed by atoms with E-state index in [0.29, 0.717) is 28.9 Å². The summed E-state index contributed by atoms with van der Waals surface area (Å²) in [5, 5.41) is 0.175. The lowest BCUT2D eigenvalue weighted by Crippen LogP contribution is -2.13. The highest BCUT2D eigenvalue weighted by Gasteiger charge is 2.23. The molecule has 3 aromatic carbocycles. The molecule has 0 bridgehead atoms. The standard InChI is InChI=1S/C32H39F3/c1-3-5-7-9-22-11-13-23(14-12-22)24-15-17-25(18-16-24)28-21-27-20-19-26(10-8-6-4-2)30(33)29(27)32(35)31(28)34/h15-23H,3-14H2,1-2H3. The highest BCUT2D eigenvalue weighted by Crippen LogP contribution is 2.39. The summed E-state index contributed by atoms with van der Waals surface area (Å²) in [7, 11) is 0. The Morgan fingerprint density at radius 3 is 2.09 bits per heavy atom. The highest BCUT2D eigenvalue weighted by molar-refractivity contribution is 5.89. The second-order valence-electron chi connectivity index (χ2n) is 10.5. The van der Waals surface area contributed by atoms with Crippen LogP contribution in [0.1, 0.15) is 102 Å². The molecule has 0 atom stereocenters. The summed E-state index contributed by atoms with van der Waals surface area (Å²) in [6, 6.07) is 12.9. The van der Waals surface area contributed by atoms with Crippen molar-refractivity contribution < 1.29 is 13.2 Å². The molecule has 0 saturated heterocycles. The van der Waals surface area contributed by atoms with E-state index in [2.05, 4.69) is 26.0 Å². The molecule has 1 aliphatic rings. The number of hydrogen-bond donors (Lipinski definition) is 0. The zero-order valence-corrected chi connectivity index (χ0v) is 21.3. The summed E-state index contributed by atoms with van der Waals surface area (Å²) in [6.07, 6.45) is 13.7. The van der Waals surface area contributed by atoms with Crippen LogP contribution in [0.15, 0.2) is 42.5 Å². The summed E-state index contributed by atoms with van der Waals surface area (Å²) >= 11 is 0. The maximum atomic E-state index is 15.1. The predicted molar refractivity (Wildman–Crippen MR) is 141 cm³/mol. The van der Waals surface area contributed by atoms with Crippen LogP contribution < -0.4 is 0 Å². The first-order chi connectivity index (χ1) is 17.0. The largest absolute Gasteiger partial charge is 0.206 e. The van der Waals surface area contributed by atoms with Gasteiger partial charge >= 0.3 is 0 Å². The van der Waals surface area contributed by atoms with Crippen LogP contribution in [0.4, 0.5) is 13.2 Å². The summed E-state index contributed by atoms with van der Waals surface area (Å²) in [5.74, 6) is -1.27. The molecule has 0 amide bonds. The van der Waals surface area contributed by atoms with Crippen molar-refractivity contribution in [2.75, 3.05) is 0 Å². The van der Waals surface area contributed by atoms with E-state index in [1.54, 1.807) is 18.2 Å². The van der Waals surface area contributed by atoms with Gasteiger partial charge in [0.05, 0.1) is 5.39 Å². The van der Waals surface area contributed by atoms with Crippen LogP contribution in [0.3, 0.4) is 0 Å². The Bertz CT molecular complexity index is 1110. The monoisotopic (exact) mass is 480 g/mol. The molecule has 4 rings (SSSR count). The summed E-state index contributed by atoms with van der Waals surface area (Å²) in [6.45, 7) is 4.34. The normalized spacial score (nSPS) is 18.3. The summed E-state index contributed by atoms with van der Waals surface area (Å²) in [4.78, 5) is 0. The van der Waals surface area contributed by atoms with E-state index in [0.717, 1.165) is 25.2 Å². The number of rotatable bonds is 10. The van der Waals surface area contributed by atoms with Crippen molar-refractivity contribution in [3.8, 4) is 11.1 Å². The van der Waals surface area contributed by atoms with Gasteiger partial charge in [-0.1, -0.05) is 88.8 Å². The third-order valence-electron chi connectivity index (χ3n) is 8.01. The molecule has 35 heavy (non-hydrogen) atoms. The van der Waals surface area contributed by atoms with Crippen molar-refractivity contribution in [3.05, 3.63) is 71.0 Å². The SMILES string of the molecule is CCCCCc1ccc2cc(-c3ccc(C4CCC(CCCCC)CC4)cc3)c(F)c(F)c2c1F. The van der Waals surface area contributed by atoms with E-state index in [1.165, 1.54) is 56.9 Å². The van der Waals surface area contributed by atoms with Crippen molar-refractivity contribution in [3.63, 3.8) is 0 Å². The zero-order valence-electron chi connectivity index (χ0n) is 21.3. The maximum Gasteiger partial charge on any atom is 0.170 e. The van der Waals surface area contributed by atoms with Gasteiger partial charge in [0.25, 0.3) is 0 Å². The molecule has 0 aliphatic heterocycles. The van der Waals surface area contributed by atoms with Gasteiger partial charge in [-0.2, -0.15) is 0 Å². The Morgan fingerprint density at radius 2 is 1.40 bits per heavy atom. The molecule has 1 aliphatic carbocycles. The van der Waals surface area contributed by atoms with E-state index in [4.69, 9.17) is 0 Å². The summed E-state index contributed by atoms with van der Waals surface area (Å²) in [5.41, 5.74) is 2.57. The molecule has 0 N–H and O–H groups in total. The lowest BCUT2D eigenvalue weighted by atomic mass is 9.77. The van der Waals surface area contributed by atoms with Crippen molar-refractivity contribution >= 4 is 10.8 Å². The molecule has 188 valence electrons. The van der Waals surface area contributed by atoms with Gasteiger partial charge in [0.2, 0.25) is 0 Å². The van der Waals surface area contributed by atoms with Gasteiger partial charge in [0, 0.05) is 5.56 Å². The molecule has 0 nitrogen and oxygen atoms in total. The fraction of sp³-hybridized carbons (Fsp3) is 0.500. The van der Waals surface area contributed by atoms with Gasteiger partial charge in [0.15, 0.2) is 11.6 Å². The fourth-order valence-corrected chi connectivity index (χ4v) is 5.80. The Kier molecular flexibility index (Phi) is 8.92. The highest BCUT2D eigenvalue weighted by atomic mass is 19.2. The predicted octanol–water partition coefficient (Wildman–Crippen LogP) is 10.5. The van der Waals surface area contributed by atoms with Gasteiger partial charge < -0.3 is 0 Å². The Balaban J connectivity index is 1.50. The third-order valence-corrected chi connectivity index (χ3v) is 8.01. The van der Waals surface area contributed by atoms with Crippen molar-refractivity contribution in [1.29, 1.82) is 0 Å². The first-order valence-corrected chi connectivity index (χ1v) is 13.7. The molecule has 0 aromatic heterocycles. The minimum atomic E-state index is -1.09. The van der Waals surface area contributed by atoms with Gasteiger partial charge in [0.1, 0.15) is 5.82 Å². The number of hydrogen-bond acceptors (Lipinski definition) is 0. The second-order valence-corrected chi connectivity index (χ2v) is 10.5. The average Bonchev–Trinajstić information content (AvgIpc) is 2.88. The Hall–Kier alpha value is -2.29. The number of benzene rings is 3. The average molecular weight is 481 g/mol. The van der Waals surface area contributed by atoms with Crippen molar-refractivity contribution in [2.45, 2.75) is 96.8 Å².